The molecule has 2 amide bonds. The van der Waals surface area contributed by atoms with Crippen LogP contribution < -0.4 is 15.4 Å². The van der Waals surface area contributed by atoms with Gasteiger partial charge in [0.25, 0.3) is 0 Å². The average molecular weight is 330 g/mol. The summed E-state index contributed by atoms with van der Waals surface area (Å²) in [6.45, 7) is 3.60. The first-order valence-corrected chi connectivity index (χ1v) is 6.67. The SMILES string of the molecule is C=CCNC(=O)C[C@H](NC(=O)C(F)(F)F)c1ccc(OC)cc1. The minimum Gasteiger partial charge on any atom is -0.497 e. The fourth-order valence-electron chi connectivity index (χ4n) is 1.77. The first-order valence-electron chi connectivity index (χ1n) is 6.67. The van der Waals surface area contributed by atoms with Crippen molar-refractivity contribution in [2.24, 2.45) is 0 Å². The number of methoxy groups -OCH3 is 1. The fourth-order valence-corrected chi connectivity index (χ4v) is 1.77. The number of carbonyl (C=O) groups excluding carboxylic acids is 2. The topological polar surface area (TPSA) is 67.4 Å². The Morgan fingerprint density at radius 1 is 1.30 bits per heavy atom. The average Bonchev–Trinajstić information content (AvgIpc) is 2.51. The minimum atomic E-state index is -5.03. The molecule has 1 rings (SSSR count). The summed E-state index contributed by atoms with van der Waals surface area (Å²) in [4.78, 5) is 22.9. The normalized spacial score (nSPS) is 12.2. The van der Waals surface area contributed by atoms with E-state index in [2.05, 4.69) is 11.9 Å². The second kappa shape index (κ2) is 8.21. The molecule has 0 bridgehead atoms. The van der Waals surface area contributed by atoms with Crippen LogP contribution in [0, 0.1) is 0 Å². The zero-order valence-corrected chi connectivity index (χ0v) is 12.4. The molecule has 1 atom stereocenters. The molecule has 5 nitrogen and oxygen atoms in total. The van der Waals surface area contributed by atoms with Crippen molar-refractivity contribution in [1.29, 1.82) is 0 Å². The zero-order valence-electron chi connectivity index (χ0n) is 12.4. The zero-order chi connectivity index (χ0) is 17.5. The van der Waals surface area contributed by atoms with Crippen LogP contribution in [0.1, 0.15) is 18.0 Å². The highest BCUT2D eigenvalue weighted by Gasteiger charge is 2.40. The van der Waals surface area contributed by atoms with E-state index in [9.17, 15) is 22.8 Å². The van der Waals surface area contributed by atoms with E-state index >= 15 is 0 Å². The van der Waals surface area contributed by atoms with Gasteiger partial charge in [0.2, 0.25) is 5.91 Å². The molecule has 0 aromatic heterocycles. The van der Waals surface area contributed by atoms with E-state index in [1.807, 2.05) is 5.32 Å². The number of carbonyl (C=O) groups is 2. The van der Waals surface area contributed by atoms with E-state index in [-0.39, 0.29) is 13.0 Å². The number of alkyl halides is 3. The Morgan fingerprint density at radius 2 is 1.91 bits per heavy atom. The Kier molecular flexibility index (Phi) is 6.62. The summed E-state index contributed by atoms with van der Waals surface area (Å²) in [5.74, 6) is -2.10. The predicted molar refractivity (Wildman–Crippen MR) is 77.8 cm³/mol. The number of nitrogens with one attached hydrogen (secondary N) is 2. The molecule has 0 saturated carbocycles. The third kappa shape index (κ3) is 6.01. The summed E-state index contributed by atoms with van der Waals surface area (Å²) in [6, 6.07) is 4.93. The van der Waals surface area contributed by atoms with Crippen LogP contribution >= 0.6 is 0 Å². The molecule has 0 spiro atoms. The number of hydrogen-bond donors (Lipinski definition) is 2. The van der Waals surface area contributed by atoms with Crippen LogP contribution in [0.15, 0.2) is 36.9 Å². The number of amides is 2. The van der Waals surface area contributed by atoms with Gasteiger partial charge >= 0.3 is 12.1 Å². The van der Waals surface area contributed by atoms with Gasteiger partial charge in [0.1, 0.15) is 5.75 Å². The molecule has 0 aliphatic carbocycles. The molecule has 0 saturated heterocycles. The first-order chi connectivity index (χ1) is 10.8. The third-order valence-electron chi connectivity index (χ3n) is 2.91. The molecule has 1 aromatic rings. The van der Waals surface area contributed by atoms with Gasteiger partial charge in [-0.2, -0.15) is 13.2 Å². The molecule has 0 aliphatic heterocycles. The summed E-state index contributed by atoms with van der Waals surface area (Å²) in [6.07, 6.45) is -3.92. The number of halogens is 3. The number of ether oxygens (including phenoxy) is 1. The number of rotatable bonds is 7. The smallest absolute Gasteiger partial charge is 0.471 e. The van der Waals surface area contributed by atoms with E-state index in [0.717, 1.165) is 0 Å². The lowest BCUT2D eigenvalue weighted by atomic mass is 10.0. The van der Waals surface area contributed by atoms with E-state index in [0.29, 0.717) is 11.3 Å². The van der Waals surface area contributed by atoms with Crippen LogP contribution in [0.4, 0.5) is 13.2 Å². The van der Waals surface area contributed by atoms with Gasteiger partial charge < -0.3 is 15.4 Å². The van der Waals surface area contributed by atoms with Crippen LogP contribution in [-0.4, -0.2) is 31.6 Å². The Bertz CT molecular complexity index is 556. The Labute approximate surface area is 131 Å². The van der Waals surface area contributed by atoms with Crippen molar-refractivity contribution in [2.75, 3.05) is 13.7 Å². The molecular formula is C15H17F3N2O3. The molecule has 0 aliphatic rings. The fraction of sp³-hybridized carbons (Fsp3) is 0.333. The maximum Gasteiger partial charge on any atom is 0.471 e. The van der Waals surface area contributed by atoms with E-state index in [4.69, 9.17) is 4.74 Å². The standard InChI is InChI=1S/C15H17F3N2O3/c1-3-8-19-13(21)9-12(20-14(22)15(16,17)18)10-4-6-11(23-2)7-5-10/h3-7,12H,1,8-9H2,2H3,(H,19,21)(H,20,22)/t12-/m0/s1. The highest BCUT2D eigenvalue weighted by atomic mass is 19.4. The van der Waals surface area contributed by atoms with Crippen molar-refractivity contribution in [1.82, 2.24) is 10.6 Å². The van der Waals surface area contributed by atoms with Crippen molar-refractivity contribution in [3.63, 3.8) is 0 Å². The Morgan fingerprint density at radius 3 is 2.39 bits per heavy atom. The van der Waals surface area contributed by atoms with E-state index in [1.165, 1.54) is 37.5 Å². The number of benzene rings is 1. The molecular weight excluding hydrogens is 313 g/mol. The summed E-state index contributed by atoms with van der Waals surface area (Å²) in [5.41, 5.74) is 0.358. The lowest BCUT2D eigenvalue weighted by Gasteiger charge is -2.20. The van der Waals surface area contributed by atoms with Crippen LogP contribution in [0.2, 0.25) is 0 Å². The quantitative estimate of drug-likeness (QED) is 0.753. The molecule has 2 N–H and O–H groups in total. The molecule has 0 unspecified atom stereocenters. The van der Waals surface area contributed by atoms with Crippen LogP contribution in [-0.2, 0) is 9.59 Å². The molecule has 126 valence electrons. The summed E-state index contributed by atoms with van der Waals surface area (Å²) < 4.78 is 42.3. The lowest BCUT2D eigenvalue weighted by Crippen LogP contribution is -2.41. The van der Waals surface area contributed by atoms with Crippen LogP contribution in [0.25, 0.3) is 0 Å². The van der Waals surface area contributed by atoms with Crippen LogP contribution in [0.3, 0.4) is 0 Å². The van der Waals surface area contributed by atoms with Gasteiger partial charge in [-0.3, -0.25) is 9.59 Å². The highest BCUT2D eigenvalue weighted by Crippen LogP contribution is 2.23. The first kappa shape index (κ1) is 18.5. The van der Waals surface area contributed by atoms with E-state index < -0.39 is 24.0 Å². The summed E-state index contributed by atoms with van der Waals surface area (Å²) in [5, 5.41) is 4.28. The molecule has 0 radical (unpaired) electrons. The lowest BCUT2D eigenvalue weighted by molar-refractivity contribution is -0.174. The molecule has 1 aromatic carbocycles. The largest absolute Gasteiger partial charge is 0.497 e. The van der Waals surface area contributed by atoms with Gasteiger partial charge in [0.15, 0.2) is 0 Å². The monoisotopic (exact) mass is 330 g/mol. The minimum absolute atomic E-state index is 0.182. The van der Waals surface area contributed by atoms with Crippen molar-refractivity contribution < 1.29 is 27.5 Å². The van der Waals surface area contributed by atoms with Gasteiger partial charge in [0, 0.05) is 6.54 Å². The maximum absolute atomic E-state index is 12.4. The predicted octanol–water partition coefficient (Wildman–Crippen LogP) is 2.11. The second-order valence-electron chi connectivity index (χ2n) is 4.59. The molecule has 0 fully saturated rings. The van der Waals surface area contributed by atoms with Crippen LogP contribution in [0.5, 0.6) is 5.75 Å². The molecule has 23 heavy (non-hydrogen) atoms. The van der Waals surface area contributed by atoms with Crippen molar-refractivity contribution in [3.8, 4) is 5.75 Å². The maximum atomic E-state index is 12.4. The number of hydrogen-bond acceptors (Lipinski definition) is 3. The van der Waals surface area contributed by atoms with Gasteiger partial charge in [-0.1, -0.05) is 18.2 Å². The van der Waals surface area contributed by atoms with Crippen molar-refractivity contribution in [2.45, 2.75) is 18.6 Å². The van der Waals surface area contributed by atoms with E-state index in [1.54, 1.807) is 0 Å². The van der Waals surface area contributed by atoms with Gasteiger partial charge in [0.05, 0.1) is 19.6 Å². The third-order valence-corrected chi connectivity index (χ3v) is 2.91. The van der Waals surface area contributed by atoms with Crippen molar-refractivity contribution >= 4 is 11.8 Å². The summed E-state index contributed by atoms with van der Waals surface area (Å²) >= 11 is 0. The van der Waals surface area contributed by atoms with Gasteiger partial charge in [-0.05, 0) is 17.7 Å². The Hall–Kier alpha value is -2.51. The molecule has 0 heterocycles. The summed E-state index contributed by atoms with van der Waals surface area (Å²) in [7, 11) is 1.45. The van der Waals surface area contributed by atoms with Gasteiger partial charge in [-0.15, -0.1) is 6.58 Å². The second-order valence-corrected chi connectivity index (χ2v) is 4.59. The van der Waals surface area contributed by atoms with Gasteiger partial charge in [-0.25, -0.2) is 0 Å². The van der Waals surface area contributed by atoms with Crippen molar-refractivity contribution in [3.05, 3.63) is 42.5 Å². The Balaban J connectivity index is 2.92. The molecule has 8 heteroatoms. The highest BCUT2D eigenvalue weighted by molar-refractivity contribution is 5.83.